The van der Waals surface area contributed by atoms with Crippen molar-refractivity contribution >= 4 is 5.70 Å². The number of aryl methyl sites for hydroxylation is 4. The molecule has 1 aliphatic heterocycles. The molecule has 0 spiro atoms. The first-order chi connectivity index (χ1) is 15.8. The van der Waals surface area contributed by atoms with Gasteiger partial charge in [0.1, 0.15) is 5.69 Å². The Labute approximate surface area is 188 Å². The fraction of sp³-hybridized carbons (Fsp3) is 0.185. The summed E-state index contributed by atoms with van der Waals surface area (Å²) in [6, 6.07) is 23.4. The van der Waals surface area contributed by atoms with Crippen molar-refractivity contribution in [3.8, 4) is 11.4 Å². The van der Waals surface area contributed by atoms with Crippen molar-refractivity contribution in [2.45, 2.75) is 25.8 Å². The van der Waals surface area contributed by atoms with Crippen LogP contribution in [0.5, 0.6) is 0 Å². The van der Waals surface area contributed by atoms with Crippen LogP contribution in [-0.4, -0.2) is 21.1 Å². The summed E-state index contributed by atoms with van der Waals surface area (Å²) in [4.78, 5) is 9.10. The van der Waals surface area contributed by atoms with E-state index in [-0.39, 0.29) is 0 Å². The molecule has 2 aromatic carbocycles. The lowest BCUT2D eigenvalue weighted by Gasteiger charge is -2.10. The average Bonchev–Trinajstić information content (AvgIpc) is 3.55. The van der Waals surface area contributed by atoms with Gasteiger partial charge in [-0.2, -0.15) is 10.2 Å². The van der Waals surface area contributed by atoms with Gasteiger partial charge in [0.15, 0.2) is 0 Å². The number of pyridine rings is 1. The number of rotatable bonds is 8. The highest BCUT2D eigenvalue weighted by Crippen LogP contribution is 2.24. The van der Waals surface area contributed by atoms with Gasteiger partial charge in [-0.3, -0.25) is 4.98 Å². The molecule has 0 bridgehead atoms. The molecule has 0 atom stereocenters. The van der Waals surface area contributed by atoms with E-state index in [1.807, 2.05) is 24.5 Å². The van der Waals surface area contributed by atoms with Crippen molar-refractivity contribution in [1.82, 2.24) is 14.5 Å². The number of hydrogen-bond donors (Lipinski definition) is 0. The zero-order chi connectivity index (χ0) is 21.6. The molecule has 0 saturated carbocycles. The molecule has 0 radical (unpaired) electrons. The summed E-state index contributed by atoms with van der Waals surface area (Å²) in [7, 11) is 0. The molecule has 5 rings (SSSR count). The fourth-order valence-corrected chi connectivity index (χ4v) is 4.02. The van der Waals surface area contributed by atoms with Crippen LogP contribution in [0.2, 0.25) is 0 Å². The second-order valence-corrected chi connectivity index (χ2v) is 7.94. The third kappa shape index (κ3) is 4.72. The normalized spacial score (nSPS) is 12.8. The molecule has 158 valence electrons. The van der Waals surface area contributed by atoms with Gasteiger partial charge in [-0.05, 0) is 54.2 Å². The molecular weight excluding hydrogens is 394 g/mol. The van der Waals surface area contributed by atoms with Crippen molar-refractivity contribution in [3.05, 3.63) is 114 Å². The highest BCUT2D eigenvalue weighted by molar-refractivity contribution is 5.69. The molecule has 5 nitrogen and oxygen atoms in total. The Morgan fingerprint density at radius 1 is 0.781 bits per heavy atom. The Bertz CT molecular complexity index is 1250. The first-order valence-corrected chi connectivity index (χ1v) is 11.0. The van der Waals surface area contributed by atoms with E-state index in [9.17, 15) is 0 Å². The zero-order valence-corrected chi connectivity index (χ0v) is 17.9. The average molecular weight is 420 g/mol. The third-order valence-electron chi connectivity index (χ3n) is 5.78. The number of nitrogens with zero attached hydrogens (tertiary/aromatic N) is 5. The molecule has 0 fully saturated rings. The van der Waals surface area contributed by atoms with E-state index in [1.165, 1.54) is 16.7 Å². The molecule has 4 aromatic rings. The molecule has 3 heterocycles. The van der Waals surface area contributed by atoms with Crippen LogP contribution in [0.1, 0.15) is 22.3 Å². The number of aromatic nitrogens is 3. The van der Waals surface area contributed by atoms with Gasteiger partial charge in [0.05, 0.1) is 24.3 Å². The van der Waals surface area contributed by atoms with E-state index < -0.39 is 0 Å². The third-order valence-corrected chi connectivity index (χ3v) is 5.78. The summed E-state index contributed by atoms with van der Waals surface area (Å²) in [6.07, 6.45) is 10.9. The largest absolute Gasteiger partial charge is 0.336 e. The summed E-state index contributed by atoms with van der Waals surface area (Å²) in [5.41, 5.74) is 7.86. The maximum Gasteiger partial charge on any atom is 0.107 e. The maximum absolute atomic E-state index is 4.59. The molecule has 0 amide bonds. The first-order valence-electron chi connectivity index (χ1n) is 11.0. The smallest absolute Gasteiger partial charge is 0.107 e. The molecule has 0 unspecified atom stereocenters. The quantitative estimate of drug-likeness (QED) is 0.363. The minimum Gasteiger partial charge on any atom is -0.336 e. The van der Waals surface area contributed by atoms with Crippen LogP contribution in [0.25, 0.3) is 17.1 Å². The number of imidazole rings is 1. The van der Waals surface area contributed by atoms with Gasteiger partial charge in [0, 0.05) is 24.5 Å². The van der Waals surface area contributed by atoms with Crippen LogP contribution >= 0.6 is 0 Å². The van der Waals surface area contributed by atoms with Gasteiger partial charge in [-0.15, -0.1) is 0 Å². The number of azo groups is 1. The van der Waals surface area contributed by atoms with Crippen molar-refractivity contribution in [3.63, 3.8) is 0 Å². The molecule has 0 saturated heterocycles. The van der Waals surface area contributed by atoms with Gasteiger partial charge in [-0.1, -0.05) is 54.6 Å². The SMILES string of the molecule is C1=C(c2ccnc(-c3cn(CCc4ccccc4CCc4ccccc4)cn3)c2)N=NC1. The van der Waals surface area contributed by atoms with Crippen molar-refractivity contribution in [2.24, 2.45) is 10.2 Å². The molecule has 32 heavy (non-hydrogen) atoms. The van der Waals surface area contributed by atoms with E-state index in [1.54, 1.807) is 6.20 Å². The topological polar surface area (TPSA) is 55.4 Å². The van der Waals surface area contributed by atoms with Crippen LogP contribution in [-0.2, 0) is 25.8 Å². The molecule has 5 heteroatoms. The Balaban J connectivity index is 1.25. The van der Waals surface area contributed by atoms with E-state index in [0.29, 0.717) is 6.54 Å². The summed E-state index contributed by atoms with van der Waals surface area (Å²) in [5, 5.41) is 8.21. The molecular formula is C27H25N5. The predicted octanol–water partition coefficient (Wildman–Crippen LogP) is 5.78. The minimum absolute atomic E-state index is 0.647. The highest BCUT2D eigenvalue weighted by atomic mass is 15.1. The summed E-state index contributed by atoms with van der Waals surface area (Å²) in [6.45, 7) is 1.53. The minimum atomic E-state index is 0.647. The highest BCUT2D eigenvalue weighted by Gasteiger charge is 2.10. The van der Waals surface area contributed by atoms with E-state index in [2.05, 4.69) is 85.6 Å². The summed E-state index contributed by atoms with van der Waals surface area (Å²) in [5.74, 6) is 0. The van der Waals surface area contributed by atoms with Crippen molar-refractivity contribution in [1.29, 1.82) is 0 Å². The van der Waals surface area contributed by atoms with Crippen LogP contribution in [0.15, 0.2) is 102 Å². The van der Waals surface area contributed by atoms with E-state index >= 15 is 0 Å². The summed E-state index contributed by atoms with van der Waals surface area (Å²) < 4.78 is 2.15. The first kappa shape index (κ1) is 20.1. The van der Waals surface area contributed by atoms with Gasteiger partial charge in [-0.25, -0.2) is 4.98 Å². The second-order valence-electron chi connectivity index (χ2n) is 7.94. The second kappa shape index (κ2) is 9.52. The zero-order valence-electron chi connectivity index (χ0n) is 17.9. The number of hydrogen-bond acceptors (Lipinski definition) is 4. The number of benzene rings is 2. The molecule has 0 N–H and O–H groups in total. The van der Waals surface area contributed by atoms with Gasteiger partial charge < -0.3 is 4.57 Å². The molecule has 0 aliphatic carbocycles. The Hall–Kier alpha value is -3.86. The van der Waals surface area contributed by atoms with Crippen LogP contribution in [0, 0.1) is 0 Å². The van der Waals surface area contributed by atoms with E-state index in [0.717, 1.165) is 48.5 Å². The van der Waals surface area contributed by atoms with Gasteiger partial charge >= 0.3 is 0 Å². The lowest BCUT2D eigenvalue weighted by Crippen LogP contribution is -2.03. The van der Waals surface area contributed by atoms with Crippen LogP contribution in [0.3, 0.4) is 0 Å². The summed E-state index contributed by atoms with van der Waals surface area (Å²) >= 11 is 0. The predicted molar refractivity (Wildman–Crippen MR) is 127 cm³/mol. The van der Waals surface area contributed by atoms with Gasteiger partial charge in [0.25, 0.3) is 0 Å². The monoisotopic (exact) mass is 419 g/mol. The fourth-order valence-electron chi connectivity index (χ4n) is 4.02. The maximum atomic E-state index is 4.59. The Morgan fingerprint density at radius 2 is 1.59 bits per heavy atom. The van der Waals surface area contributed by atoms with Crippen LogP contribution in [0.4, 0.5) is 0 Å². The van der Waals surface area contributed by atoms with Crippen LogP contribution < -0.4 is 0 Å². The van der Waals surface area contributed by atoms with Crippen molar-refractivity contribution < 1.29 is 0 Å². The standard InChI is InChI=1S/C27H25N5/c1-2-6-21(7-3-1)10-11-22-8-4-5-9-23(22)14-17-32-19-27(29-20-32)26-18-24(12-15-28-26)25-13-16-30-31-25/h1-9,12-13,15,18-20H,10-11,14,16-17H2. The molecule has 2 aromatic heterocycles. The van der Waals surface area contributed by atoms with Gasteiger partial charge in [0.2, 0.25) is 0 Å². The lowest BCUT2D eigenvalue weighted by atomic mass is 9.98. The molecule has 1 aliphatic rings. The Morgan fingerprint density at radius 3 is 2.41 bits per heavy atom. The van der Waals surface area contributed by atoms with E-state index in [4.69, 9.17) is 0 Å². The Kier molecular flexibility index (Phi) is 5.97. The van der Waals surface area contributed by atoms with Crippen molar-refractivity contribution in [2.75, 3.05) is 6.54 Å². The lowest BCUT2D eigenvalue weighted by molar-refractivity contribution is 0.690.